The van der Waals surface area contributed by atoms with Gasteiger partial charge in [-0.25, -0.2) is 4.98 Å². The van der Waals surface area contributed by atoms with Gasteiger partial charge >= 0.3 is 0 Å². The van der Waals surface area contributed by atoms with E-state index in [2.05, 4.69) is 23.2 Å². The molecule has 0 bridgehead atoms. The van der Waals surface area contributed by atoms with Gasteiger partial charge in [-0.15, -0.1) is 0 Å². The van der Waals surface area contributed by atoms with Crippen LogP contribution in [0.2, 0.25) is 0 Å². The number of fused-ring (bicyclic) bond motifs is 3. The molecule has 3 heterocycles. The van der Waals surface area contributed by atoms with Crippen molar-refractivity contribution in [1.29, 1.82) is 0 Å². The van der Waals surface area contributed by atoms with Gasteiger partial charge in [0, 0.05) is 28.8 Å². The van der Waals surface area contributed by atoms with Crippen molar-refractivity contribution < 1.29 is 19.3 Å². The first-order chi connectivity index (χ1) is 20.3. The molecule has 0 aliphatic heterocycles. The molecule has 0 atom stereocenters. The van der Waals surface area contributed by atoms with Gasteiger partial charge in [0.15, 0.2) is 0 Å². The monoisotopic (exact) mass is 568 g/mol. The molecule has 0 spiro atoms. The summed E-state index contributed by atoms with van der Waals surface area (Å²) in [6.07, 6.45) is 6.33. The molecule has 0 amide bonds. The van der Waals surface area contributed by atoms with Crippen LogP contribution in [0.5, 0.6) is 17.4 Å². The molecule has 9 heteroatoms. The highest BCUT2D eigenvalue weighted by Gasteiger charge is 2.26. The van der Waals surface area contributed by atoms with E-state index in [0.717, 1.165) is 69.9 Å². The third-order valence-corrected chi connectivity index (χ3v) is 8.60. The summed E-state index contributed by atoms with van der Waals surface area (Å²) in [5.74, 6) is 1.90. The molecule has 1 aliphatic rings. The van der Waals surface area contributed by atoms with Crippen LogP contribution >= 0.6 is 0 Å². The second kappa shape index (κ2) is 11.1. The summed E-state index contributed by atoms with van der Waals surface area (Å²) in [5.41, 5.74) is 6.34. The van der Waals surface area contributed by atoms with Crippen molar-refractivity contribution in [2.45, 2.75) is 58.2 Å². The lowest BCUT2D eigenvalue weighted by Crippen LogP contribution is -2.24. The molecule has 9 nitrogen and oxygen atoms in total. The molecule has 42 heavy (non-hydrogen) atoms. The molecule has 0 saturated heterocycles. The van der Waals surface area contributed by atoms with Crippen molar-refractivity contribution in [1.82, 2.24) is 19.3 Å². The lowest BCUT2D eigenvalue weighted by atomic mass is 9.93. The van der Waals surface area contributed by atoms with Crippen molar-refractivity contribution in [3.05, 3.63) is 75.8 Å². The average molecular weight is 569 g/mol. The quantitative estimate of drug-likeness (QED) is 0.274. The molecule has 1 fully saturated rings. The number of aryl methyl sites for hydroxylation is 1. The van der Waals surface area contributed by atoms with Gasteiger partial charge in [0.25, 0.3) is 5.56 Å². The summed E-state index contributed by atoms with van der Waals surface area (Å²) in [6, 6.07) is 12.0. The third-order valence-electron chi connectivity index (χ3n) is 8.60. The lowest BCUT2D eigenvalue weighted by Gasteiger charge is -2.26. The van der Waals surface area contributed by atoms with Gasteiger partial charge in [0.2, 0.25) is 5.88 Å². The molecule has 2 aromatic carbocycles. The predicted molar refractivity (Wildman–Crippen MR) is 163 cm³/mol. The summed E-state index contributed by atoms with van der Waals surface area (Å²) in [5, 5.41) is 16.4. The number of nitrogens with zero attached hydrogens (tertiary/aromatic N) is 4. The number of pyridine rings is 2. The standard InChI is InChI=1S/C33H36N4O5/c1-19-16-34-32(42-5)20(2)30(19)21-7-13-26-28(14-21)36(18-22-6-12-25(40-3)15-29(22)41-4)33(39)27-17-35-37(31(26)27)23-8-10-24(38)11-9-23/h6-7,12-17,23-24,38H,8-11,18H2,1-5H3. The normalized spacial score (nSPS) is 17.1. The Morgan fingerprint density at radius 1 is 0.929 bits per heavy atom. The number of benzene rings is 2. The Hall–Kier alpha value is -4.37. The van der Waals surface area contributed by atoms with Crippen LogP contribution in [0.4, 0.5) is 0 Å². The average Bonchev–Trinajstić information content (AvgIpc) is 3.45. The van der Waals surface area contributed by atoms with Crippen molar-refractivity contribution in [2.75, 3.05) is 21.3 Å². The fraction of sp³-hybridized carbons (Fsp3) is 0.364. The Balaban J connectivity index is 1.61. The number of methoxy groups -OCH3 is 3. The molecule has 218 valence electrons. The van der Waals surface area contributed by atoms with Gasteiger partial charge < -0.3 is 23.9 Å². The first kappa shape index (κ1) is 27.8. The zero-order chi connectivity index (χ0) is 29.5. The third kappa shape index (κ3) is 4.67. The van der Waals surface area contributed by atoms with Gasteiger partial charge in [-0.1, -0.05) is 12.1 Å². The Labute approximate surface area is 244 Å². The number of aromatic nitrogens is 4. The second-order valence-electron chi connectivity index (χ2n) is 11.1. The van der Waals surface area contributed by atoms with Crippen molar-refractivity contribution >= 4 is 21.8 Å². The highest BCUT2D eigenvalue weighted by molar-refractivity contribution is 6.05. The number of hydrogen-bond donors (Lipinski definition) is 1. The van der Waals surface area contributed by atoms with Crippen molar-refractivity contribution in [2.24, 2.45) is 0 Å². The van der Waals surface area contributed by atoms with Gasteiger partial charge in [-0.2, -0.15) is 5.10 Å². The maximum Gasteiger partial charge on any atom is 0.262 e. The van der Waals surface area contributed by atoms with Crippen LogP contribution in [0.3, 0.4) is 0 Å². The molecule has 1 aliphatic carbocycles. The second-order valence-corrected chi connectivity index (χ2v) is 11.1. The van der Waals surface area contributed by atoms with E-state index in [9.17, 15) is 9.90 Å². The maximum atomic E-state index is 14.3. The van der Waals surface area contributed by atoms with Gasteiger partial charge in [-0.05, 0) is 74.4 Å². The van der Waals surface area contributed by atoms with Crippen LogP contribution in [0.1, 0.15) is 48.4 Å². The molecule has 0 radical (unpaired) electrons. The topological polar surface area (TPSA) is 101 Å². The summed E-state index contributed by atoms with van der Waals surface area (Å²) in [4.78, 5) is 18.7. The molecule has 6 rings (SSSR count). The zero-order valence-electron chi connectivity index (χ0n) is 24.7. The van der Waals surface area contributed by atoms with E-state index in [-0.39, 0.29) is 17.7 Å². The minimum Gasteiger partial charge on any atom is -0.497 e. The first-order valence-electron chi connectivity index (χ1n) is 14.3. The minimum absolute atomic E-state index is 0.115. The van der Waals surface area contributed by atoms with E-state index in [0.29, 0.717) is 29.3 Å². The molecular weight excluding hydrogens is 532 g/mol. The Kier molecular flexibility index (Phi) is 7.36. The fourth-order valence-corrected chi connectivity index (χ4v) is 6.41. The number of hydrogen-bond acceptors (Lipinski definition) is 7. The largest absolute Gasteiger partial charge is 0.497 e. The smallest absolute Gasteiger partial charge is 0.262 e. The summed E-state index contributed by atoms with van der Waals surface area (Å²) < 4.78 is 20.4. The van der Waals surface area contributed by atoms with E-state index in [1.807, 2.05) is 47.5 Å². The Morgan fingerprint density at radius 3 is 2.43 bits per heavy atom. The Bertz CT molecular complexity index is 1850. The summed E-state index contributed by atoms with van der Waals surface area (Å²) in [6.45, 7) is 4.34. The van der Waals surface area contributed by atoms with Crippen LogP contribution in [0, 0.1) is 13.8 Å². The van der Waals surface area contributed by atoms with Crippen molar-refractivity contribution in [3.8, 4) is 28.5 Å². The summed E-state index contributed by atoms with van der Waals surface area (Å²) >= 11 is 0. The lowest BCUT2D eigenvalue weighted by molar-refractivity contribution is 0.109. The minimum atomic E-state index is -0.275. The van der Waals surface area contributed by atoms with E-state index in [1.165, 1.54) is 0 Å². The zero-order valence-corrected chi connectivity index (χ0v) is 24.7. The predicted octanol–water partition coefficient (Wildman–Crippen LogP) is 5.58. The van der Waals surface area contributed by atoms with Crippen molar-refractivity contribution in [3.63, 3.8) is 0 Å². The van der Waals surface area contributed by atoms with E-state index >= 15 is 0 Å². The molecule has 0 unspecified atom stereocenters. The molecular formula is C33H36N4O5. The molecule has 3 aromatic heterocycles. The summed E-state index contributed by atoms with van der Waals surface area (Å²) in [7, 11) is 4.86. The number of aliphatic hydroxyl groups excluding tert-OH is 1. The van der Waals surface area contributed by atoms with E-state index in [4.69, 9.17) is 19.3 Å². The van der Waals surface area contributed by atoms with E-state index < -0.39 is 0 Å². The maximum absolute atomic E-state index is 14.3. The number of aliphatic hydroxyl groups is 1. The number of rotatable bonds is 7. The molecule has 1 saturated carbocycles. The van der Waals surface area contributed by atoms with Crippen LogP contribution in [-0.2, 0) is 6.54 Å². The van der Waals surface area contributed by atoms with Gasteiger partial charge in [-0.3, -0.25) is 9.48 Å². The van der Waals surface area contributed by atoms with Crippen LogP contribution in [0.25, 0.3) is 32.9 Å². The van der Waals surface area contributed by atoms with Gasteiger partial charge in [0.05, 0.1) is 62.6 Å². The van der Waals surface area contributed by atoms with Crippen LogP contribution in [0.15, 0.2) is 53.6 Å². The highest BCUT2D eigenvalue weighted by atomic mass is 16.5. The first-order valence-corrected chi connectivity index (χ1v) is 14.3. The highest BCUT2D eigenvalue weighted by Crippen LogP contribution is 2.37. The van der Waals surface area contributed by atoms with Crippen LogP contribution in [-0.4, -0.2) is 51.9 Å². The van der Waals surface area contributed by atoms with Gasteiger partial charge in [0.1, 0.15) is 11.5 Å². The SMILES string of the molecule is COc1ccc(Cn2c(=O)c3cnn(C4CCC(O)CC4)c3c3ccc(-c4c(C)cnc(OC)c4C)cc32)c(OC)c1. The molecule has 1 N–H and O–H groups in total. The Morgan fingerprint density at radius 2 is 1.71 bits per heavy atom. The fourth-order valence-electron chi connectivity index (χ4n) is 6.41. The van der Waals surface area contributed by atoms with E-state index in [1.54, 1.807) is 27.5 Å². The van der Waals surface area contributed by atoms with Crippen LogP contribution < -0.4 is 19.8 Å². The number of ether oxygens (including phenoxy) is 3. The molecule has 5 aromatic rings.